The van der Waals surface area contributed by atoms with Crippen molar-refractivity contribution in [2.45, 2.75) is 0 Å². The van der Waals surface area contributed by atoms with Crippen LogP contribution in [0.4, 0.5) is 0 Å². The smallest absolute Gasteiger partial charge is 0.870 e. The van der Waals surface area contributed by atoms with Crippen LogP contribution in [0.3, 0.4) is 0 Å². The first-order valence-corrected chi connectivity index (χ1v) is 1.63. The van der Waals surface area contributed by atoms with Crippen LogP contribution in [0.5, 0.6) is 0 Å². The molecule has 0 heterocycles. The van der Waals surface area contributed by atoms with Crippen molar-refractivity contribution in [2.75, 3.05) is 13.2 Å². The first-order chi connectivity index (χ1) is 2.91. The van der Waals surface area contributed by atoms with Gasteiger partial charge in [-0.2, -0.15) is 0 Å². The van der Waals surface area contributed by atoms with Crippen molar-refractivity contribution in [2.24, 2.45) is 0 Å². The zero-order valence-electron chi connectivity index (χ0n) is 5.17. The predicted octanol–water partition coefficient (Wildman–Crippen LogP) is -3.40. The van der Waals surface area contributed by atoms with Crippen LogP contribution in [0.1, 0.15) is 0 Å². The molecule has 0 rings (SSSR count). The van der Waals surface area contributed by atoms with E-state index in [9.17, 15) is 0 Å². The second kappa shape index (κ2) is 41.0. The third-order valence-electron chi connectivity index (χ3n) is 0.1000. The molecule has 0 saturated heterocycles. The van der Waals surface area contributed by atoms with Crippen LogP contribution in [-0.2, 0) is 0 Å². The molecule has 0 saturated carbocycles. The van der Waals surface area contributed by atoms with Gasteiger partial charge in [0.25, 0.3) is 0 Å². The molecule has 8 heavy (non-hydrogen) atoms. The molecule has 0 bridgehead atoms. The second-order valence-electron chi connectivity index (χ2n) is 0.447. The summed E-state index contributed by atoms with van der Waals surface area (Å²) in [7, 11) is 0. The van der Waals surface area contributed by atoms with E-state index in [-0.39, 0.29) is 70.1 Å². The summed E-state index contributed by atoms with van der Waals surface area (Å²) in [6, 6.07) is 0. The second-order valence-corrected chi connectivity index (χ2v) is 0.447. The van der Waals surface area contributed by atoms with E-state index in [1.165, 1.54) is 0 Å². The quantitative estimate of drug-likeness (QED) is 0.299. The average molecular weight is 146 g/mol. The topological polar surface area (TPSA) is 70.5 Å². The van der Waals surface area contributed by atoms with E-state index in [1.807, 2.05) is 0 Å². The van der Waals surface area contributed by atoms with Gasteiger partial charge in [-0.05, 0) is 0 Å². The summed E-state index contributed by atoms with van der Waals surface area (Å²) in [5.41, 5.74) is 0. The van der Waals surface area contributed by atoms with Gasteiger partial charge < -0.3 is 15.7 Å². The van der Waals surface area contributed by atoms with E-state index >= 15 is 0 Å². The minimum absolute atomic E-state index is 0. The Morgan fingerprint density at radius 1 is 1.00 bits per heavy atom. The standard InChI is InChI=1S/C2H6O2.C2H4.K.H2O/c3-1-2-4;1-2;;/h3-4H,1-2H2;1-2H2;;1H2/q;;+1;/p-1. The maximum atomic E-state index is 7.62. The molecule has 0 aliphatic carbocycles. The summed E-state index contributed by atoms with van der Waals surface area (Å²) in [6.07, 6.45) is 0. The first-order valence-electron chi connectivity index (χ1n) is 1.63. The van der Waals surface area contributed by atoms with Crippen LogP contribution in [0, 0.1) is 0 Å². The van der Waals surface area contributed by atoms with E-state index in [0.29, 0.717) is 0 Å². The van der Waals surface area contributed by atoms with Crippen molar-refractivity contribution < 1.29 is 67.1 Å². The van der Waals surface area contributed by atoms with Gasteiger partial charge in [-0.25, -0.2) is 0 Å². The molecule has 0 unspecified atom stereocenters. The Hall–Kier alpha value is 1.26. The summed E-state index contributed by atoms with van der Waals surface area (Å²) in [6.45, 7) is 5.75. The van der Waals surface area contributed by atoms with Gasteiger partial charge in [0.05, 0.1) is 13.2 Å². The molecule has 0 aromatic rings. The Balaban J connectivity index is -0.0000000183. The molecule has 3 N–H and O–H groups in total. The Bertz CT molecular complexity index is 18.8. The molecule has 0 aromatic carbocycles. The molecule has 0 atom stereocenters. The fraction of sp³-hybridized carbons (Fsp3) is 0.500. The minimum atomic E-state index is -0.125. The number of rotatable bonds is 1. The summed E-state index contributed by atoms with van der Waals surface area (Å²) in [4.78, 5) is 0. The van der Waals surface area contributed by atoms with Crippen LogP contribution in [0.2, 0.25) is 0 Å². The zero-order valence-corrected chi connectivity index (χ0v) is 8.29. The molecule has 4 heteroatoms. The van der Waals surface area contributed by atoms with Gasteiger partial charge in [0.15, 0.2) is 0 Å². The monoisotopic (exact) mass is 146 g/mol. The molecule has 0 amide bonds. The molecule has 0 aliphatic rings. The van der Waals surface area contributed by atoms with Crippen molar-refractivity contribution in [3.05, 3.63) is 13.2 Å². The van der Waals surface area contributed by atoms with Crippen LogP contribution in [-0.4, -0.2) is 28.9 Å². The summed E-state index contributed by atoms with van der Waals surface area (Å²) >= 11 is 0. The summed E-state index contributed by atoms with van der Waals surface area (Å²) < 4.78 is 0. The maximum Gasteiger partial charge on any atom is 1.00 e. The fourth-order valence-electron chi connectivity index (χ4n) is 0. The number of aliphatic hydroxyl groups excluding tert-OH is 2. The predicted molar refractivity (Wildman–Crippen MR) is 27.4 cm³/mol. The van der Waals surface area contributed by atoms with Crippen LogP contribution in [0.25, 0.3) is 0 Å². The molecule has 0 radical (unpaired) electrons. The fourth-order valence-corrected chi connectivity index (χ4v) is 0. The van der Waals surface area contributed by atoms with E-state index in [0.717, 1.165) is 0 Å². The molecule has 0 aromatic heterocycles. The first kappa shape index (κ1) is 22.8. The van der Waals surface area contributed by atoms with Crippen molar-refractivity contribution in [3.63, 3.8) is 0 Å². The third kappa shape index (κ3) is 55.8. The van der Waals surface area contributed by atoms with Gasteiger partial charge >= 0.3 is 51.4 Å². The summed E-state index contributed by atoms with van der Waals surface area (Å²) in [5, 5.41) is 15.2. The largest absolute Gasteiger partial charge is 1.00 e. The molecule has 0 spiro atoms. The third-order valence-corrected chi connectivity index (χ3v) is 0.1000. The Labute approximate surface area is 92.1 Å². The molecule has 3 nitrogen and oxygen atoms in total. The van der Waals surface area contributed by atoms with Crippen LogP contribution < -0.4 is 51.4 Å². The average Bonchev–Trinajstić information content (AvgIpc) is 1.72. The van der Waals surface area contributed by atoms with Crippen LogP contribution in [0.15, 0.2) is 13.2 Å². The molecule has 0 fully saturated rings. The Morgan fingerprint density at radius 2 is 1.12 bits per heavy atom. The minimum Gasteiger partial charge on any atom is -0.870 e. The van der Waals surface area contributed by atoms with Crippen LogP contribution >= 0.6 is 0 Å². The Morgan fingerprint density at radius 3 is 1.12 bits per heavy atom. The molecular weight excluding hydrogens is 135 g/mol. The zero-order chi connectivity index (χ0) is 5.41. The maximum absolute atomic E-state index is 7.62. The van der Waals surface area contributed by atoms with Gasteiger partial charge in [-0.1, -0.05) is 0 Å². The van der Waals surface area contributed by atoms with Gasteiger partial charge in [0.2, 0.25) is 0 Å². The van der Waals surface area contributed by atoms with Crippen molar-refractivity contribution in [3.8, 4) is 0 Å². The van der Waals surface area contributed by atoms with E-state index in [2.05, 4.69) is 13.2 Å². The van der Waals surface area contributed by atoms with Crippen molar-refractivity contribution in [1.29, 1.82) is 0 Å². The molecule has 46 valence electrons. The van der Waals surface area contributed by atoms with Gasteiger partial charge in [-0.15, -0.1) is 13.2 Å². The SMILES string of the molecule is C=C.OCCO.[K+].[OH-]. The van der Waals surface area contributed by atoms with E-state index in [1.54, 1.807) is 0 Å². The molecular formula is C4H11KO3. The van der Waals surface area contributed by atoms with E-state index < -0.39 is 0 Å². The number of hydrogen-bond acceptors (Lipinski definition) is 3. The van der Waals surface area contributed by atoms with E-state index in [4.69, 9.17) is 10.2 Å². The van der Waals surface area contributed by atoms with Crippen molar-refractivity contribution >= 4 is 0 Å². The normalized spacial score (nSPS) is 4.25. The van der Waals surface area contributed by atoms with Gasteiger partial charge in [-0.3, -0.25) is 0 Å². The van der Waals surface area contributed by atoms with Crippen molar-refractivity contribution in [1.82, 2.24) is 0 Å². The number of aliphatic hydroxyl groups is 2. The summed E-state index contributed by atoms with van der Waals surface area (Å²) in [5.74, 6) is 0. The Kier molecular flexibility index (Phi) is 117. The number of hydrogen-bond donors (Lipinski definition) is 2. The molecule has 0 aliphatic heterocycles. The van der Waals surface area contributed by atoms with Gasteiger partial charge in [0.1, 0.15) is 0 Å². The van der Waals surface area contributed by atoms with Gasteiger partial charge in [0, 0.05) is 0 Å².